The van der Waals surface area contributed by atoms with E-state index >= 15 is 0 Å². The smallest absolute Gasteiger partial charge is 0.118 e. The van der Waals surface area contributed by atoms with Gasteiger partial charge in [-0.05, 0) is 17.7 Å². The van der Waals surface area contributed by atoms with Crippen molar-refractivity contribution < 1.29 is 4.74 Å². The maximum atomic E-state index is 8.74. The average Bonchev–Trinajstić information content (AvgIpc) is 2.21. The molecule has 0 radical (unpaired) electrons. The van der Waals surface area contributed by atoms with Gasteiger partial charge in [0.2, 0.25) is 0 Å². The fourth-order valence-electron chi connectivity index (χ4n) is 1.10. The first-order valence-electron chi connectivity index (χ1n) is 4.05. The molecule has 1 unspecified atom stereocenters. The number of benzene rings is 1. The van der Waals surface area contributed by atoms with E-state index in [1.54, 1.807) is 7.11 Å². The Morgan fingerprint density at radius 1 is 1.46 bits per heavy atom. The number of rotatable bonds is 3. The standard InChI is InChI=1S/C10H12N2O/c1-13-10-4-2-8(3-5-10)9(6-11)7-12/h2-5,9H,6,11H2,1H3. The van der Waals surface area contributed by atoms with Crippen LogP contribution in [0.5, 0.6) is 5.75 Å². The number of hydrogen-bond acceptors (Lipinski definition) is 3. The van der Waals surface area contributed by atoms with E-state index < -0.39 is 0 Å². The van der Waals surface area contributed by atoms with Gasteiger partial charge in [-0.1, -0.05) is 12.1 Å². The van der Waals surface area contributed by atoms with E-state index in [4.69, 9.17) is 15.7 Å². The van der Waals surface area contributed by atoms with Gasteiger partial charge in [0.05, 0.1) is 19.1 Å². The van der Waals surface area contributed by atoms with E-state index in [1.165, 1.54) is 0 Å². The van der Waals surface area contributed by atoms with Crippen LogP contribution in [0.1, 0.15) is 11.5 Å². The van der Waals surface area contributed by atoms with Gasteiger partial charge in [-0.2, -0.15) is 5.26 Å². The summed E-state index contributed by atoms with van der Waals surface area (Å²) in [6, 6.07) is 9.52. The highest BCUT2D eigenvalue weighted by Gasteiger charge is 2.07. The van der Waals surface area contributed by atoms with Gasteiger partial charge in [0.25, 0.3) is 0 Å². The third-order valence-corrected chi connectivity index (χ3v) is 1.91. The minimum atomic E-state index is -0.217. The largest absolute Gasteiger partial charge is 0.497 e. The quantitative estimate of drug-likeness (QED) is 0.754. The highest BCUT2D eigenvalue weighted by atomic mass is 16.5. The normalized spacial score (nSPS) is 11.8. The summed E-state index contributed by atoms with van der Waals surface area (Å²) in [5.41, 5.74) is 6.37. The van der Waals surface area contributed by atoms with Gasteiger partial charge >= 0.3 is 0 Å². The Bertz CT molecular complexity index is 300. The van der Waals surface area contributed by atoms with Crippen molar-refractivity contribution in [2.75, 3.05) is 13.7 Å². The average molecular weight is 176 g/mol. The zero-order chi connectivity index (χ0) is 9.68. The zero-order valence-electron chi connectivity index (χ0n) is 7.53. The molecule has 1 atom stereocenters. The van der Waals surface area contributed by atoms with Crippen molar-refractivity contribution in [1.82, 2.24) is 0 Å². The Balaban J connectivity index is 2.86. The highest BCUT2D eigenvalue weighted by Crippen LogP contribution is 2.17. The van der Waals surface area contributed by atoms with Gasteiger partial charge in [-0.25, -0.2) is 0 Å². The van der Waals surface area contributed by atoms with Crippen molar-refractivity contribution in [3.8, 4) is 11.8 Å². The van der Waals surface area contributed by atoms with Crippen LogP contribution in [-0.4, -0.2) is 13.7 Å². The summed E-state index contributed by atoms with van der Waals surface area (Å²) in [6.45, 7) is 0.350. The van der Waals surface area contributed by atoms with Crippen LogP contribution in [0, 0.1) is 11.3 Å². The lowest BCUT2D eigenvalue weighted by Crippen LogP contribution is -2.10. The van der Waals surface area contributed by atoms with Crippen LogP contribution in [0.2, 0.25) is 0 Å². The van der Waals surface area contributed by atoms with Gasteiger partial charge in [0.1, 0.15) is 5.75 Å². The number of nitrogens with zero attached hydrogens (tertiary/aromatic N) is 1. The SMILES string of the molecule is COc1ccc(C(C#N)CN)cc1. The van der Waals surface area contributed by atoms with Gasteiger partial charge in [-0.3, -0.25) is 0 Å². The Labute approximate surface area is 77.7 Å². The molecular weight excluding hydrogens is 164 g/mol. The Morgan fingerprint density at radius 2 is 2.08 bits per heavy atom. The molecule has 0 saturated heterocycles. The molecule has 3 heteroatoms. The Hall–Kier alpha value is -1.53. The van der Waals surface area contributed by atoms with Gasteiger partial charge < -0.3 is 10.5 Å². The van der Waals surface area contributed by atoms with Crippen LogP contribution < -0.4 is 10.5 Å². The molecule has 0 saturated carbocycles. The van der Waals surface area contributed by atoms with Crippen LogP contribution in [0.15, 0.2) is 24.3 Å². The van der Waals surface area contributed by atoms with Crippen molar-refractivity contribution in [3.05, 3.63) is 29.8 Å². The summed E-state index contributed by atoms with van der Waals surface area (Å²) in [7, 11) is 1.61. The third-order valence-electron chi connectivity index (χ3n) is 1.91. The fourth-order valence-corrected chi connectivity index (χ4v) is 1.10. The lowest BCUT2D eigenvalue weighted by Gasteiger charge is -2.06. The van der Waals surface area contributed by atoms with Gasteiger partial charge in [0.15, 0.2) is 0 Å². The molecule has 1 aromatic carbocycles. The molecule has 0 aliphatic carbocycles. The second kappa shape index (κ2) is 4.48. The van der Waals surface area contributed by atoms with Crippen molar-refractivity contribution in [2.45, 2.75) is 5.92 Å². The first-order valence-corrected chi connectivity index (χ1v) is 4.05. The van der Waals surface area contributed by atoms with E-state index in [0.717, 1.165) is 11.3 Å². The zero-order valence-corrected chi connectivity index (χ0v) is 7.53. The summed E-state index contributed by atoms with van der Waals surface area (Å²) in [5.74, 6) is 0.573. The number of ether oxygens (including phenoxy) is 1. The molecule has 0 heterocycles. The van der Waals surface area contributed by atoms with Crippen molar-refractivity contribution in [3.63, 3.8) is 0 Å². The Kier molecular flexibility index (Phi) is 3.30. The fraction of sp³-hybridized carbons (Fsp3) is 0.300. The van der Waals surface area contributed by atoms with Crippen LogP contribution >= 0.6 is 0 Å². The minimum Gasteiger partial charge on any atom is -0.497 e. The van der Waals surface area contributed by atoms with Crippen molar-refractivity contribution in [1.29, 1.82) is 5.26 Å². The summed E-state index contributed by atoms with van der Waals surface area (Å²) in [4.78, 5) is 0. The summed E-state index contributed by atoms with van der Waals surface area (Å²) >= 11 is 0. The molecule has 0 bridgehead atoms. The molecule has 1 aromatic rings. The number of methoxy groups -OCH3 is 1. The molecular formula is C10H12N2O. The van der Waals surface area contributed by atoms with Gasteiger partial charge in [0, 0.05) is 6.54 Å². The third kappa shape index (κ3) is 2.20. The van der Waals surface area contributed by atoms with Gasteiger partial charge in [-0.15, -0.1) is 0 Å². The predicted molar refractivity (Wildman–Crippen MR) is 50.4 cm³/mol. The van der Waals surface area contributed by atoms with Crippen LogP contribution in [0.4, 0.5) is 0 Å². The molecule has 0 amide bonds. The van der Waals surface area contributed by atoms with E-state index in [-0.39, 0.29) is 5.92 Å². The molecule has 0 aromatic heterocycles. The minimum absolute atomic E-state index is 0.217. The molecule has 13 heavy (non-hydrogen) atoms. The molecule has 0 spiro atoms. The predicted octanol–water partition coefficient (Wildman–Crippen LogP) is 1.26. The lowest BCUT2D eigenvalue weighted by molar-refractivity contribution is 0.414. The summed E-state index contributed by atoms with van der Waals surface area (Å²) in [6.07, 6.45) is 0. The molecule has 3 nitrogen and oxygen atoms in total. The molecule has 1 rings (SSSR count). The maximum absolute atomic E-state index is 8.74. The highest BCUT2D eigenvalue weighted by molar-refractivity contribution is 5.32. The lowest BCUT2D eigenvalue weighted by atomic mass is 10.0. The van der Waals surface area contributed by atoms with Crippen molar-refractivity contribution >= 4 is 0 Å². The van der Waals surface area contributed by atoms with Crippen LogP contribution in [-0.2, 0) is 0 Å². The maximum Gasteiger partial charge on any atom is 0.118 e. The van der Waals surface area contributed by atoms with E-state index in [9.17, 15) is 0 Å². The molecule has 2 N–H and O–H groups in total. The molecule has 0 aliphatic rings. The number of nitrogens with two attached hydrogens (primary N) is 1. The number of hydrogen-bond donors (Lipinski definition) is 1. The summed E-state index contributed by atoms with van der Waals surface area (Å²) in [5, 5.41) is 8.74. The summed E-state index contributed by atoms with van der Waals surface area (Å²) < 4.78 is 5.00. The monoisotopic (exact) mass is 176 g/mol. The van der Waals surface area contributed by atoms with Crippen LogP contribution in [0.25, 0.3) is 0 Å². The Morgan fingerprint density at radius 3 is 2.46 bits per heavy atom. The molecule has 68 valence electrons. The van der Waals surface area contributed by atoms with E-state index in [2.05, 4.69) is 6.07 Å². The van der Waals surface area contributed by atoms with Crippen molar-refractivity contribution in [2.24, 2.45) is 5.73 Å². The van der Waals surface area contributed by atoms with E-state index in [0.29, 0.717) is 6.54 Å². The second-order valence-corrected chi connectivity index (χ2v) is 2.69. The van der Waals surface area contributed by atoms with Crippen LogP contribution in [0.3, 0.4) is 0 Å². The second-order valence-electron chi connectivity index (χ2n) is 2.69. The first-order chi connectivity index (χ1) is 6.31. The number of nitriles is 1. The molecule has 0 fully saturated rings. The molecule has 0 aliphatic heterocycles. The first kappa shape index (κ1) is 9.56. The van der Waals surface area contributed by atoms with E-state index in [1.807, 2.05) is 24.3 Å². The topological polar surface area (TPSA) is 59.0 Å².